The predicted molar refractivity (Wildman–Crippen MR) is 92.4 cm³/mol. The Hall–Kier alpha value is -0.280. The molecule has 1 aromatic rings. The van der Waals surface area contributed by atoms with Crippen molar-refractivity contribution in [3.05, 3.63) is 33.8 Å². The minimum absolute atomic E-state index is 0.179. The van der Waals surface area contributed by atoms with Crippen LogP contribution in [0.4, 0.5) is 0 Å². The van der Waals surface area contributed by atoms with Crippen LogP contribution in [0.3, 0.4) is 0 Å². The van der Waals surface area contributed by atoms with Gasteiger partial charge in [-0.15, -0.1) is 0 Å². The lowest BCUT2D eigenvalue weighted by molar-refractivity contribution is 0.0494. The van der Waals surface area contributed by atoms with Crippen LogP contribution < -0.4 is 5.32 Å². The van der Waals surface area contributed by atoms with Crippen molar-refractivity contribution in [1.82, 2.24) is 10.2 Å². The Balaban J connectivity index is 2.27. The zero-order chi connectivity index (χ0) is 15.6. The monoisotopic (exact) mass is 328 g/mol. The second-order valence-electron chi connectivity index (χ2n) is 6.37. The van der Waals surface area contributed by atoms with Crippen LogP contribution in [0.2, 0.25) is 10.0 Å². The van der Waals surface area contributed by atoms with Gasteiger partial charge in [0.2, 0.25) is 0 Å². The lowest BCUT2D eigenvalue weighted by Gasteiger charge is -2.48. The lowest BCUT2D eigenvalue weighted by atomic mass is 9.90. The van der Waals surface area contributed by atoms with E-state index in [9.17, 15) is 0 Å². The summed E-state index contributed by atoms with van der Waals surface area (Å²) in [5.41, 5.74) is 1.35. The van der Waals surface area contributed by atoms with Crippen LogP contribution in [0.1, 0.15) is 52.1 Å². The molecule has 0 amide bonds. The molecule has 1 aliphatic heterocycles. The normalized spacial score (nSPS) is 28.6. The molecule has 1 saturated heterocycles. The highest BCUT2D eigenvalue weighted by molar-refractivity contribution is 6.35. The molecule has 1 heterocycles. The minimum atomic E-state index is 0.179. The third-order valence-corrected chi connectivity index (χ3v) is 5.49. The van der Waals surface area contributed by atoms with Crippen LogP contribution in [0.25, 0.3) is 0 Å². The first kappa shape index (κ1) is 17.1. The van der Waals surface area contributed by atoms with E-state index in [0.717, 1.165) is 31.0 Å². The molecular weight excluding hydrogens is 303 g/mol. The summed E-state index contributed by atoms with van der Waals surface area (Å²) < 4.78 is 0. The molecule has 1 fully saturated rings. The predicted octanol–water partition coefficient (Wildman–Crippen LogP) is 4.91. The first-order valence-electron chi connectivity index (χ1n) is 7.86. The Morgan fingerprint density at radius 1 is 1.38 bits per heavy atom. The topological polar surface area (TPSA) is 15.3 Å². The van der Waals surface area contributed by atoms with E-state index < -0.39 is 0 Å². The van der Waals surface area contributed by atoms with Gasteiger partial charge in [-0.1, -0.05) is 43.1 Å². The van der Waals surface area contributed by atoms with Crippen molar-refractivity contribution >= 4 is 23.2 Å². The van der Waals surface area contributed by atoms with Gasteiger partial charge in [0.05, 0.1) is 0 Å². The number of hydrogen-bond acceptors (Lipinski definition) is 2. The molecule has 1 aromatic carbocycles. The number of hydrogen-bond donors (Lipinski definition) is 1. The molecule has 1 N–H and O–H groups in total. The van der Waals surface area contributed by atoms with Crippen molar-refractivity contribution in [2.45, 2.75) is 58.2 Å². The Kier molecular flexibility index (Phi) is 5.59. The summed E-state index contributed by atoms with van der Waals surface area (Å²) in [5.74, 6) is 0. The van der Waals surface area contributed by atoms with Gasteiger partial charge < -0.3 is 5.32 Å². The van der Waals surface area contributed by atoms with Crippen molar-refractivity contribution in [2.75, 3.05) is 13.1 Å². The summed E-state index contributed by atoms with van der Waals surface area (Å²) in [6, 6.07) is 6.69. The Labute approximate surface area is 138 Å². The molecule has 2 nitrogen and oxygen atoms in total. The van der Waals surface area contributed by atoms with Gasteiger partial charge in [-0.05, 0) is 44.4 Å². The van der Waals surface area contributed by atoms with Gasteiger partial charge in [-0.2, -0.15) is 0 Å². The molecule has 0 radical (unpaired) electrons. The zero-order valence-corrected chi connectivity index (χ0v) is 14.9. The van der Waals surface area contributed by atoms with Crippen LogP contribution in [0.5, 0.6) is 0 Å². The molecule has 3 unspecified atom stereocenters. The number of halogens is 2. The van der Waals surface area contributed by atoms with Gasteiger partial charge in [0.15, 0.2) is 0 Å². The fourth-order valence-electron chi connectivity index (χ4n) is 3.16. The molecular formula is C17H26Cl2N2. The first-order valence-corrected chi connectivity index (χ1v) is 8.61. The summed E-state index contributed by atoms with van der Waals surface area (Å²) in [6.07, 6.45) is 2.27. The van der Waals surface area contributed by atoms with E-state index in [1.165, 1.54) is 5.56 Å². The highest BCUT2D eigenvalue weighted by atomic mass is 35.5. The van der Waals surface area contributed by atoms with E-state index >= 15 is 0 Å². The molecule has 0 aliphatic carbocycles. The van der Waals surface area contributed by atoms with Crippen LogP contribution in [-0.2, 0) is 0 Å². The summed E-state index contributed by atoms with van der Waals surface area (Å²) >= 11 is 12.4. The summed E-state index contributed by atoms with van der Waals surface area (Å²) in [4.78, 5) is 2.59. The average Bonchev–Trinajstić information content (AvgIpc) is 2.46. The van der Waals surface area contributed by atoms with Crippen LogP contribution in [0.15, 0.2) is 18.2 Å². The number of piperazine rings is 1. The summed E-state index contributed by atoms with van der Waals surface area (Å²) in [6.45, 7) is 11.1. The van der Waals surface area contributed by atoms with E-state index in [1.807, 2.05) is 12.1 Å². The van der Waals surface area contributed by atoms with Crippen LogP contribution in [0, 0.1) is 0 Å². The van der Waals surface area contributed by atoms with E-state index in [4.69, 9.17) is 23.2 Å². The first-order chi connectivity index (χ1) is 9.90. The van der Waals surface area contributed by atoms with Crippen molar-refractivity contribution < 1.29 is 0 Å². The van der Waals surface area contributed by atoms with Gasteiger partial charge in [0.1, 0.15) is 0 Å². The van der Waals surface area contributed by atoms with Gasteiger partial charge >= 0.3 is 0 Å². The Bertz CT molecular complexity index is 492. The molecule has 0 aromatic heterocycles. The SMILES string of the molecule is CCC1CNC(C)(CC)CN1C(C)c1ccc(Cl)cc1Cl. The molecule has 4 heteroatoms. The maximum Gasteiger partial charge on any atom is 0.0468 e. The van der Waals surface area contributed by atoms with E-state index in [0.29, 0.717) is 17.1 Å². The fraction of sp³-hybridized carbons (Fsp3) is 0.647. The largest absolute Gasteiger partial charge is 0.309 e. The van der Waals surface area contributed by atoms with E-state index in [-0.39, 0.29) is 5.54 Å². The molecule has 0 spiro atoms. The summed E-state index contributed by atoms with van der Waals surface area (Å²) in [7, 11) is 0. The quantitative estimate of drug-likeness (QED) is 0.844. The van der Waals surface area contributed by atoms with Crippen molar-refractivity contribution in [3.63, 3.8) is 0 Å². The third-order valence-electron chi connectivity index (χ3n) is 4.93. The smallest absolute Gasteiger partial charge is 0.0468 e. The van der Waals surface area contributed by atoms with Crippen molar-refractivity contribution in [1.29, 1.82) is 0 Å². The number of rotatable bonds is 4. The standard InChI is InChI=1S/C17H26Cl2N2/c1-5-14-10-20-17(4,6-2)11-21(14)12(3)15-8-7-13(18)9-16(15)19/h7-9,12,14,20H,5-6,10-11H2,1-4H3. The Morgan fingerprint density at radius 2 is 2.10 bits per heavy atom. The van der Waals surface area contributed by atoms with Gasteiger partial charge in [-0.25, -0.2) is 0 Å². The third kappa shape index (κ3) is 3.73. The number of nitrogens with zero attached hydrogens (tertiary/aromatic N) is 1. The highest BCUT2D eigenvalue weighted by Gasteiger charge is 2.36. The van der Waals surface area contributed by atoms with E-state index in [2.05, 4.69) is 44.0 Å². The molecule has 118 valence electrons. The lowest BCUT2D eigenvalue weighted by Crippen LogP contribution is -2.62. The maximum absolute atomic E-state index is 6.41. The second kappa shape index (κ2) is 6.87. The van der Waals surface area contributed by atoms with Gasteiger partial charge in [0.25, 0.3) is 0 Å². The maximum atomic E-state index is 6.41. The second-order valence-corrected chi connectivity index (χ2v) is 7.21. The molecule has 2 rings (SSSR count). The molecule has 21 heavy (non-hydrogen) atoms. The van der Waals surface area contributed by atoms with E-state index in [1.54, 1.807) is 0 Å². The number of benzene rings is 1. The van der Waals surface area contributed by atoms with Crippen LogP contribution >= 0.6 is 23.2 Å². The molecule has 0 saturated carbocycles. The van der Waals surface area contributed by atoms with Gasteiger partial charge in [-0.3, -0.25) is 4.90 Å². The Morgan fingerprint density at radius 3 is 2.67 bits per heavy atom. The molecule has 1 aliphatic rings. The number of nitrogens with one attached hydrogen (secondary N) is 1. The van der Waals surface area contributed by atoms with Crippen LogP contribution in [-0.4, -0.2) is 29.6 Å². The molecule has 0 bridgehead atoms. The minimum Gasteiger partial charge on any atom is -0.309 e. The summed E-state index contributed by atoms with van der Waals surface area (Å²) in [5, 5.41) is 5.17. The van der Waals surface area contributed by atoms with Crippen molar-refractivity contribution in [2.24, 2.45) is 0 Å². The average molecular weight is 329 g/mol. The van der Waals surface area contributed by atoms with Crippen molar-refractivity contribution in [3.8, 4) is 0 Å². The fourth-order valence-corrected chi connectivity index (χ4v) is 3.72. The highest BCUT2D eigenvalue weighted by Crippen LogP contribution is 2.34. The van der Waals surface area contributed by atoms with Gasteiger partial charge in [0, 0.05) is 40.8 Å². The molecule has 3 atom stereocenters. The zero-order valence-electron chi connectivity index (χ0n) is 13.4.